The van der Waals surface area contributed by atoms with Crippen molar-refractivity contribution in [2.45, 2.75) is 31.7 Å². The Morgan fingerprint density at radius 3 is 2.37 bits per heavy atom. The average Bonchev–Trinajstić information content (AvgIpc) is 2.63. The van der Waals surface area contributed by atoms with Gasteiger partial charge >= 0.3 is 0 Å². The Kier molecular flexibility index (Phi) is 6.81. The molecule has 0 aliphatic carbocycles. The number of carbonyl (C=O) groups is 1. The fourth-order valence-electron chi connectivity index (χ4n) is 2.42. The van der Waals surface area contributed by atoms with Gasteiger partial charge in [-0.15, -0.1) is 0 Å². The minimum atomic E-state index is -3.84. The van der Waals surface area contributed by atoms with Crippen LogP contribution < -0.4 is 19.5 Å². The summed E-state index contributed by atoms with van der Waals surface area (Å²) >= 11 is 0. The number of amides is 1. The highest BCUT2D eigenvalue weighted by Crippen LogP contribution is 2.21. The fraction of sp³-hybridized carbons (Fsp3) is 0.316. The second-order valence-corrected chi connectivity index (χ2v) is 7.64. The topological polar surface area (TPSA) is 93.7 Å². The minimum absolute atomic E-state index is 0.0708. The van der Waals surface area contributed by atoms with Crippen molar-refractivity contribution in [2.24, 2.45) is 0 Å². The van der Waals surface area contributed by atoms with Crippen molar-refractivity contribution in [1.82, 2.24) is 4.72 Å². The van der Waals surface area contributed by atoms with Crippen LogP contribution in [-0.4, -0.2) is 34.1 Å². The third-order valence-electron chi connectivity index (χ3n) is 3.83. The maximum absolute atomic E-state index is 12.5. The lowest BCUT2D eigenvalue weighted by Gasteiger charge is -2.15. The number of rotatable bonds is 8. The van der Waals surface area contributed by atoms with Crippen molar-refractivity contribution in [3.05, 3.63) is 48.0 Å². The number of nitrogens with one attached hydrogen (secondary N) is 2. The normalized spacial score (nSPS) is 12.3. The quantitative estimate of drug-likeness (QED) is 0.720. The lowest BCUT2D eigenvalue weighted by molar-refractivity contribution is -0.117. The average molecular weight is 392 g/mol. The molecule has 0 fully saturated rings. The van der Waals surface area contributed by atoms with Gasteiger partial charge in [-0.25, -0.2) is 8.42 Å². The van der Waals surface area contributed by atoms with Crippen molar-refractivity contribution in [3.63, 3.8) is 0 Å². The molecule has 0 aliphatic heterocycles. The zero-order valence-corrected chi connectivity index (χ0v) is 16.6. The Balaban J connectivity index is 2.05. The standard InChI is InChI=1S/C19H24N2O5S/c1-5-26-16-8-6-15(7-9-16)20-19(22)14(3)21-27(23,24)17-10-11-18(25-4)13(2)12-17/h6-12,14,21H,5H2,1-4H3,(H,20,22)/t14-/m1/s1. The number of hydrogen-bond acceptors (Lipinski definition) is 5. The zero-order valence-electron chi connectivity index (χ0n) is 15.8. The molecular weight excluding hydrogens is 368 g/mol. The fourth-order valence-corrected chi connectivity index (χ4v) is 3.71. The van der Waals surface area contributed by atoms with Gasteiger partial charge in [0.1, 0.15) is 11.5 Å². The number of hydrogen-bond donors (Lipinski definition) is 2. The van der Waals surface area contributed by atoms with Crippen molar-refractivity contribution in [2.75, 3.05) is 19.0 Å². The molecule has 0 aromatic heterocycles. The largest absolute Gasteiger partial charge is 0.496 e. The van der Waals surface area contributed by atoms with E-state index in [0.717, 1.165) is 0 Å². The zero-order chi connectivity index (χ0) is 20.0. The molecule has 0 aliphatic rings. The summed E-state index contributed by atoms with van der Waals surface area (Å²) in [7, 11) is -2.33. The second-order valence-electron chi connectivity index (χ2n) is 5.92. The van der Waals surface area contributed by atoms with Crippen LogP contribution in [0.15, 0.2) is 47.4 Å². The van der Waals surface area contributed by atoms with Crippen LogP contribution in [0.5, 0.6) is 11.5 Å². The first kappa shape index (κ1) is 20.7. The first-order valence-electron chi connectivity index (χ1n) is 8.47. The van der Waals surface area contributed by atoms with E-state index in [1.54, 1.807) is 37.3 Å². The van der Waals surface area contributed by atoms with E-state index in [1.165, 1.54) is 26.2 Å². The maximum atomic E-state index is 12.5. The Hall–Kier alpha value is -2.58. The van der Waals surface area contributed by atoms with E-state index in [-0.39, 0.29) is 4.90 Å². The van der Waals surface area contributed by atoms with Gasteiger partial charge in [0.25, 0.3) is 0 Å². The maximum Gasteiger partial charge on any atom is 0.242 e. The number of benzene rings is 2. The number of methoxy groups -OCH3 is 1. The Bertz CT molecular complexity index is 895. The molecule has 2 rings (SSSR count). The van der Waals surface area contributed by atoms with Crippen LogP contribution in [0.25, 0.3) is 0 Å². The summed E-state index contributed by atoms with van der Waals surface area (Å²) < 4.78 is 37.9. The molecule has 0 heterocycles. The van der Waals surface area contributed by atoms with Crippen LogP contribution >= 0.6 is 0 Å². The molecule has 2 aromatic rings. The number of ether oxygens (including phenoxy) is 2. The van der Waals surface area contributed by atoms with Crippen molar-refractivity contribution in [3.8, 4) is 11.5 Å². The summed E-state index contributed by atoms with van der Waals surface area (Å²) in [5, 5.41) is 2.67. The summed E-state index contributed by atoms with van der Waals surface area (Å²) in [5.41, 5.74) is 1.24. The van der Waals surface area contributed by atoms with Crippen LogP contribution in [0.1, 0.15) is 19.4 Å². The first-order valence-corrected chi connectivity index (χ1v) is 9.96. The van der Waals surface area contributed by atoms with E-state index in [4.69, 9.17) is 9.47 Å². The summed E-state index contributed by atoms with van der Waals surface area (Å²) in [6, 6.07) is 10.4. The predicted molar refractivity (Wildman–Crippen MR) is 104 cm³/mol. The highest BCUT2D eigenvalue weighted by Gasteiger charge is 2.22. The monoisotopic (exact) mass is 392 g/mol. The number of aryl methyl sites for hydroxylation is 1. The lowest BCUT2D eigenvalue weighted by Crippen LogP contribution is -2.41. The second kappa shape index (κ2) is 8.88. The predicted octanol–water partition coefficient (Wildman–Crippen LogP) is 2.71. The molecule has 8 heteroatoms. The molecule has 0 radical (unpaired) electrons. The van der Waals surface area contributed by atoms with Gasteiger partial charge in [0.15, 0.2) is 0 Å². The van der Waals surface area contributed by atoms with Crippen LogP contribution in [0, 0.1) is 6.92 Å². The SMILES string of the molecule is CCOc1ccc(NC(=O)[C@@H](C)NS(=O)(=O)c2ccc(OC)c(C)c2)cc1. The van der Waals surface area contributed by atoms with Crippen LogP contribution in [0.3, 0.4) is 0 Å². The smallest absolute Gasteiger partial charge is 0.242 e. The van der Waals surface area contributed by atoms with Crippen molar-refractivity contribution < 1.29 is 22.7 Å². The van der Waals surface area contributed by atoms with Crippen molar-refractivity contribution >= 4 is 21.6 Å². The molecule has 0 spiro atoms. The molecule has 1 amide bonds. The Morgan fingerprint density at radius 2 is 1.81 bits per heavy atom. The van der Waals surface area contributed by atoms with Gasteiger partial charge in [-0.2, -0.15) is 4.72 Å². The van der Waals surface area contributed by atoms with Crippen LogP contribution in [0.4, 0.5) is 5.69 Å². The molecule has 27 heavy (non-hydrogen) atoms. The molecule has 0 saturated heterocycles. The van der Waals surface area contributed by atoms with Crippen molar-refractivity contribution in [1.29, 1.82) is 0 Å². The summed E-state index contributed by atoms with van der Waals surface area (Å²) in [4.78, 5) is 12.4. The highest BCUT2D eigenvalue weighted by molar-refractivity contribution is 7.89. The molecule has 2 aromatic carbocycles. The van der Waals surface area contributed by atoms with E-state index in [2.05, 4.69) is 10.0 Å². The third kappa shape index (κ3) is 5.45. The molecule has 0 bridgehead atoms. The van der Waals surface area contributed by atoms with Gasteiger partial charge in [-0.05, 0) is 68.8 Å². The van der Waals surface area contributed by atoms with Gasteiger partial charge in [0.05, 0.1) is 24.7 Å². The molecule has 1 atom stereocenters. The van der Waals surface area contributed by atoms with Gasteiger partial charge in [0.2, 0.25) is 15.9 Å². The number of carbonyl (C=O) groups excluding carboxylic acids is 1. The molecule has 7 nitrogen and oxygen atoms in total. The first-order chi connectivity index (χ1) is 12.8. The van der Waals surface area contributed by atoms with Gasteiger partial charge in [-0.3, -0.25) is 4.79 Å². The van der Waals surface area contributed by atoms with Crippen LogP contribution in [0.2, 0.25) is 0 Å². The van der Waals surface area contributed by atoms with E-state index >= 15 is 0 Å². The van der Waals surface area contributed by atoms with Gasteiger partial charge in [0, 0.05) is 5.69 Å². The van der Waals surface area contributed by atoms with Gasteiger partial charge in [-0.1, -0.05) is 0 Å². The van der Waals surface area contributed by atoms with E-state index < -0.39 is 22.0 Å². The van der Waals surface area contributed by atoms with Gasteiger partial charge < -0.3 is 14.8 Å². The Morgan fingerprint density at radius 1 is 1.15 bits per heavy atom. The molecular formula is C19H24N2O5S. The molecule has 146 valence electrons. The Labute approximate surface area is 159 Å². The number of sulfonamides is 1. The van der Waals surface area contributed by atoms with E-state index in [1.807, 2.05) is 6.92 Å². The number of anilines is 1. The molecule has 0 unspecified atom stereocenters. The summed E-state index contributed by atoms with van der Waals surface area (Å²) in [6.45, 7) is 5.67. The molecule has 2 N–H and O–H groups in total. The minimum Gasteiger partial charge on any atom is -0.496 e. The van der Waals surface area contributed by atoms with E-state index in [9.17, 15) is 13.2 Å². The lowest BCUT2D eigenvalue weighted by atomic mass is 10.2. The summed E-state index contributed by atoms with van der Waals surface area (Å²) in [6.07, 6.45) is 0. The third-order valence-corrected chi connectivity index (χ3v) is 5.37. The summed E-state index contributed by atoms with van der Waals surface area (Å²) in [5.74, 6) is 0.822. The van der Waals surface area contributed by atoms with E-state index in [0.29, 0.717) is 29.4 Å². The van der Waals surface area contributed by atoms with Crippen LogP contribution in [-0.2, 0) is 14.8 Å². The molecule has 0 saturated carbocycles. The highest BCUT2D eigenvalue weighted by atomic mass is 32.2.